The van der Waals surface area contributed by atoms with E-state index in [1.807, 2.05) is 0 Å². The smallest absolute Gasteiger partial charge is 0.303 e. The Morgan fingerprint density at radius 3 is 2.72 bits per heavy atom. The van der Waals surface area contributed by atoms with Crippen molar-refractivity contribution < 1.29 is 22.7 Å². The van der Waals surface area contributed by atoms with Crippen LogP contribution in [0.5, 0.6) is 0 Å². The van der Waals surface area contributed by atoms with Crippen LogP contribution < -0.4 is 0 Å². The molecule has 0 aliphatic rings. The number of rotatable bonds is 8. The number of carboxylic acid groups (broad SMARTS) is 1. The molecule has 0 saturated carbocycles. The third-order valence-corrected chi connectivity index (χ3v) is 4.30. The second-order valence-corrected chi connectivity index (χ2v) is 6.07. The van der Waals surface area contributed by atoms with Gasteiger partial charge in [-0.25, -0.2) is 8.42 Å². The van der Waals surface area contributed by atoms with Crippen molar-refractivity contribution in [2.45, 2.75) is 26.3 Å². The molecule has 7 heteroatoms. The molecule has 0 amide bonds. The maximum atomic E-state index is 11.8. The zero-order chi connectivity index (χ0) is 13.6. The predicted molar refractivity (Wildman–Crippen MR) is 65.4 cm³/mol. The second-order valence-electron chi connectivity index (χ2n) is 3.81. The van der Waals surface area contributed by atoms with Crippen LogP contribution in [-0.2, 0) is 21.4 Å². The van der Waals surface area contributed by atoms with E-state index in [2.05, 4.69) is 0 Å². The van der Waals surface area contributed by atoms with Crippen LogP contribution in [0.3, 0.4) is 0 Å². The lowest BCUT2D eigenvalue weighted by atomic mass is 10.3. The highest BCUT2D eigenvalue weighted by molar-refractivity contribution is 7.89. The summed E-state index contributed by atoms with van der Waals surface area (Å²) in [5.41, 5.74) is 0. The highest BCUT2D eigenvalue weighted by Crippen LogP contribution is 2.11. The first-order valence-corrected chi connectivity index (χ1v) is 7.28. The van der Waals surface area contributed by atoms with E-state index in [0.29, 0.717) is 5.76 Å². The van der Waals surface area contributed by atoms with Gasteiger partial charge < -0.3 is 9.52 Å². The highest BCUT2D eigenvalue weighted by atomic mass is 32.2. The van der Waals surface area contributed by atoms with Crippen molar-refractivity contribution in [2.75, 3.05) is 12.3 Å². The van der Waals surface area contributed by atoms with Gasteiger partial charge in [-0.05, 0) is 25.5 Å². The lowest BCUT2D eigenvalue weighted by Crippen LogP contribution is -2.33. The summed E-state index contributed by atoms with van der Waals surface area (Å²) in [5, 5.41) is 8.56. The molecule has 0 aromatic carbocycles. The average Bonchev–Trinajstić information content (AvgIpc) is 2.80. The fourth-order valence-corrected chi connectivity index (χ4v) is 2.58. The Bertz CT molecular complexity index is 466. The molecular formula is C11H17NO5S. The van der Waals surface area contributed by atoms with E-state index < -0.39 is 16.0 Å². The van der Waals surface area contributed by atoms with Gasteiger partial charge in [0.15, 0.2) is 0 Å². The third-order valence-electron chi connectivity index (χ3n) is 2.47. The SMILES string of the molecule is CCS(=O)(=O)N(CCCC(=O)O)Cc1ccco1. The molecule has 102 valence electrons. The van der Waals surface area contributed by atoms with E-state index >= 15 is 0 Å². The Kier molecular flexibility index (Phi) is 5.36. The molecular weight excluding hydrogens is 258 g/mol. The predicted octanol–water partition coefficient (Wildman–Crippen LogP) is 1.30. The Labute approximate surface area is 106 Å². The molecule has 0 aliphatic heterocycles. The maximum absolute atomic E-state index is 11.8. The number of sulfonamides is 1. The Balaban J connectivity index is 2.67. The summed E-state index contributed by atoms with van der Waals surface area (Å²) in [7, 11) is -3.35. The van der Waals surface area contributed by atoms with E-state index in [1.165, 1.54) is 10.6 Å². The largest absolute Gasteiger partial charge is 0.481 e. The Morgan fingerprint density at radius 1 is 1.50 bits per heavy atom. The van der Waals surface area contributed by atoms with Crippen LogP contribution in [0.1, 0.15) is 25.5 Å². The van der Waals surface area contributed by atoms with Crippen molar-refractivity contribution in [3.63, 3.8) is 0 Å². The van der Waals surface area contributed by atoms with Crippen molar-refractivity contribution in [1.82, 2.24) is 4.31 Å². The lowest BCUT2D eigenvalue weighted by molar-refractivity contribution is -0.137. The van der Waals surface area contributed by atoms with Crippen molar-refractivity contribution >= 4 is 16.0 Å². The average molecular weight is 275 g/mol. The summed E-state index contributed by atoms with van der Waals surface area (Å²) < 4.78 is 30.0. The molecule has 18 heavy (non-hydrogen) atoms. The van der Waals surface area contributed by atoms with Crippen LogP contribution in [0.15, 0.2) is 22.8 Å². The van der Waals surface area contributed by atoms with Crippen molar-refractivity contribution in [3.05, 3.63) is 24.2 Å². The minimum atomic E-state index is -3.35. The number of carbonyl (C=O) groups is 1. The van der Waals surface area contributed by atoms with Gasteiger partial charge in [-0.2, -0.15) is 4.31 Å². The molecule has 1 aromatic heterocycles. The van der Waals surface area contributed by atoms with Crippen LogP contribution in [0, 0.1) is 0 Å². The van der Waals surface area contributed by atoms with Crippen molar-refractivity contribution in [1.29, 1.82) is 0 Å². The number of hydrogen-bond acceptors (Lipinski definition) is 4. The summed E-state index contributed by atoms with van der Waals surface area (Å²) in [4.78, 5) is 10.4. The van der Waals surface area contributed by atoms with Crippen LogP contribution in [0.2, 0.25) is 0 Å². The quantitative estimate of drug-likeness (QED) is 0.772. The third kappa shape index (κ3) is 4.50. The van der Waals surface area contributed by atoms with Crippen LogP contribution in [-0.4, -0.2) is 36.1 Å². The molecule has 6 nitrogen and oxygen atoms in total. The zero-order valence-corrected chi connectivity index (χ0v) is 11.0. The highest BCUT2D eigenvalue weighted by Gasteiger charge is 2.21. The standard InChI is InChI=1S/C11H17NO5S/c1-2-18(15,16)12(7-3-6-11(13)14)9-10-5-4-8-17-10/h4-5,8H,2-3,6-7,9H2,1H3,(H,13,14). The monoisotopic (exact) mass is 275 g/mol. The summed E-state index contributed by atoms with van der Waals surface area (Å²) in [6.45, 7) is 1.88. The number of aliphatic carboxylic acids is 1. The molecule has 0 radical (unpaired) electrons. The molecule has 0 atom stereocenters. The van der Waals surface area contributed by atoms with Gasteiger partial charge in [0.2, 0.25) is 10.0 Å². The van der Waals surface area contributed by atoms with Gasteiger partial charge in [0.05, 0.1) is 18.6 Å². The molecule has 0 unspecified atom stereocenters. The molecule has 1 aromatic rings. The second kappa shape index (κ2) is 6.55. The van der Waals surface area contributed by atoms with Crippen molar-refractivity contribution in [2.24, 2.45) is 0 Å². The van der Waals surface area contributed by atoms with Gasteiger partial charge >= 0.3 is 5.97 Å². The topological polar surface area (TPSA) is 87.8 Å². The van der Waals surface area contributed by atoms with Gasteiger partial charge in [-0.1, -0.05) is 0 Å². The van der Waals surface area contributed by atoms with Gasteiger partial charge in [0.25, 0.3) is 0 Å². The first kappa shape index (κ1) is 14.7. The number of furan rings is 1. The van der Waals surface area contributed by atoms with E-state index in [1.54, 1.807) is 19.1 Å². The molecule has 1 heterocycles. The number of carboxylic acids is 1. The zero-order valence-electron chi connectivity index (χ0n) is 10.2. The molecule has 1 rings (SSSR count). The van der Waals surface area contributed by atoms with Crippen molar-refractivity contribution in [3.8, 4) is 0 Å². The van der Waals surface area contributed by atoms with Crippen LogP contribution >= 0.6 is 0 Å². The maximum Gasteiger partial charge on any atom is 0.303 e. The molecule has 0 fully saturated rings. The minimum absolute atomic E-state index is 0.0131. The molecule has 0 spiro atoms. The van der Waals surface area contributed by atoms with E-state index in [-0.39, 0.29) is 31.7 Å². The Hall–Kier alpha value is -1.34. The molecule has 1 N–H and O–H groups in total. The summed E-state index contributed by atoms with van der Waals surface area (Å²) >= 11 is 0. The summed E-state index contributed by atoms with van der Waals surface area (Å²) in [5.74, 6) is -0.398. The Morgan fingerprint density at radius 2 is 2.22 bits per heavy atom. The normalized spacial score (nSPS) is 11.9. The van der Waals surface area contributed by atoms with Crippen LogP contribution in [0.4, 0.5) is 0 Å². The fourth-order valence-electron chi connectivity index (χ4n) is 1.48. The van der Waals surface area contributed by atoms with Gasteiger partial charge in [-0.3, -0.25) is 4.79 Å². The lowest BCUT2D eigenvalue weighted by Gasteiger charge is -2.19. The first-order valence-electron chi connectivity index (χ1n) is 5.67. The van der Waals surface area contributed by atoms with Gasteiger partial charge in [0, 0.05) is 13.0 Å². The van der Waals surface area contributed by atoms with E-state index in [4.69, 9.17) is 9.52 Å². The van der Waals surface area contributed by atoms with Crippen LogP contribution in [0.25, 0.3) is 0 Å². The molecule has 0 bridgehead atoms. The first-order chi connectivity index (χ1) is 8.45. The fraction of sp³-hybridized carbons (Fsp3) is 0.545. The molecule has 0 aliphatic carbocycles. The van der Waals surface area contributed by atoms with E-state index in [9.17, 15) is 13.2 Å². The molecule has 0 saturated heterocycles. The van der Waals surface area contributed by atoms with Gasteiger partial charge in [-0.15, -0.1) is 0 Å². The van der Waals surface area contributed by atoms with E-state index in [0.717, 1.165) is 0 Å². The van der Waals surface area contributed by atoms with Gasteiger partial charge in [0.1, 0.15) is 5.76 Å². The number of nitrogens with zero attached hydrogens (tertiary/aromatic N) is 1. The summed E-state index contributed by atoms with van der Waals surface area (Å²) in [6, 6.07) is 3.37. The summed E-state index contributed by atoms with van der Waals surface area (Å²) in [6.07, 6.45) is 1.71. The number of hydrogen-bond donors (Lipinski definition) is 1. The minimum Gasteiger partial charge on any atom is -0.481 e.